The van der Waals surface area contributed by atoms with Crippen molar-refractivity contribution in [1.82, 2.24) is 30.6 Å². The third-order valence-electron chi connectivity index (χ3n) is 7.05. The van der Waals surface area contributed by atoms with Crippen LogP contribution in [0.15, 0.2) is 42.7 Å². The van der Waals surface area contributed by atoms with Gasteiger partial charge in [-0.3, -0.25) is 20.4 Å². The average molecular weight is 451 g/mol. The Balaban J connectivity index is 1.13. The van der Waals surface area contributed by atoms with Crippen LogP contribution in [0.25, 0.3) is 0 Å². The maximum Gasteiger partial charge on any atom is 0.316 e. The summed E-state index contributed by atoms with van der Waals surface area (Å²) in [5, 5.41) is 0. The first kappa shape index (κ1) is 21.8. The van der Waals surface area contributed by atoms with Crippen molar-refractivity contribution >= 4 is 11.8 Å². The average Bonchev–Trinajstić information content (AvgIpc) is 3.37. The Labute approximate surface area is 193 Å². The molecule has 9 nitrogen and oxygen atoms in total. The largest absolute Gasteiger partial charge is 0.453 e. The minimum absolute atomic E-state index is 0.0574. The van der Waals surface area contributed by atoms with Crippen LogP contribution in [0.5, 0.6) is 6.01 Å². The van der Waals surface area contributed by atoms with E-state index in [0.717, 1.165) is 25.8 Å². The molecule has 3 aliphatic heterocycles. The summed E-state index contributed by atoms with van der Waals surface area (Å²) in [6, 6.07) is 10.4. The molecule has 33 heavy (non-hydrogen) atoms. The molecule has 0 radical (unpaired) electrons. The minimum atomic E-state index is -0.0823. The lowest BCUT2D eigenvalue weighted by Gasteiger charge is -2.37. The normalized spacial score (nSPS) is 23.3. The second-order valence-corrected chi connectivity index (χ2v) is 8.97. The number of aromatic nitrogens is 2. The van der Waals surface area contributed by atoms with Gasteiger partial charge in [-0.25, -0.2) is 9.97 Å². The summed E-state index contributed by atoms with van der Waals surface area (Å²) in [6.45, 7) is 3.38. The van der Waals surface area contributed by atoms with Crippen molar-refractivity contribution < 1.29 is 14.3 Å². The molecule has 0 spiro atoms. The smallest absolute Gasteiger partial charge is 0.316 e. The van der Waals surface area contributed by atoms with Gasteiger partial charge in [0.05, 0.1) is 5.92 Å². The Morgan fingerprint density at radius 3 is 2.55 bits per heavy atom. The van der Waals surface area contributed by atoms with Crippen LogP contribution < -0.4 is 15.6 Å². The van der Waals surface area contributed by atoms with Crippen LogP contribution in [0, 0.1) is 11.8 Å². The van der Waals surface area contributed by atoms with Gasteiger partial charge < -0.3 is 14.5 Å². The zero-order valence-corrected chi connectivity index (χ0v) is 18.7. The van der Waals surface area contributed by atoms with Crippen LogP contribution in [-0.4, -0.2) is 70.4 Å². The van der Waals surface area contributed by atoms with Gasteiger partial charge in [0.1, 0.15) is 0 Å². The van der Waals surface area contributed by atoms with Gasteiger partial charge in [-0.15, -0.1) is 0 Å². The van der Waals surface area contributed by atoms with Gasteiger partial charge in [-0.2, -0.15) is 0 Å². The highest BCUT2D eigenvalue weighted by Crippen LogP contribution is 2.29. The SMILES string of the molecule is O=C(COc1ncccn1)N1CCC(C2NNCC2C(=O)N2CCc3ccccc3C2)CC1. The molecule has 0 aliphatic carbocycles. The predicted molar refractivity (Wildman–Crippen MR) is 121 cm³/mol. The number of hydrazine groups is 1. The number of likely N-dealkylation sites (tertiary alicyclic amines) is 1. The second kappa shape index (κ2) is 9.84. The Kier molecular flexibility index (Phi) is 6.50. The number of piperidine rings is 1. The number of fused-ring (bicyclic) bond motifs is 1. The molecular formula is C24H30N6O3. The van der Waals surface area contributed by atoms with Crippen molar-refractivity contribution in [3.63, 3.8) is 0 Å². The molecule has 5 rings (SSSR count). The number of ether oxygens (including phenoxy) is 1. The molecule has 1 aromatic carbocycles. The van der Waals surface area contributed by atoms with E-state index in [0.29, 0.717) is 32.1 Å². The molecular weight excluding hydrogens is 420 g/mol. The van der Waals surface area contributed by atoms with Gasteiger partial charge >= 0.3 is 6.01 Å². The molecule has 3 aliphatic rings. The van der Waals surface area contributed by atoms with E-state index in [1.54, 1.807) is 18.5 Å². The van der Waals surface area contributed by atoms with Crippen molar-refractivity contribution in [3.05, 3.63) is 53.9 Å². The number of rotatable bonds is 5. The first-order chi connectivity index (χ1) is 16.2. The van der Waals surface area contributed by atoms with Gasteiger partial charge in [-0.1, -0.05) is 24.3 Å². The van der Waals surface area contributed by atoms with E-state index in [4.69, 9.17) is 4.74 Å². The van der Waals surface area contributed by atoms with E-state index in [1.165, 1.54) is 11.1 Å². The molecule has 2 aromatic rings. The fourth-order valence-corrected chi connectivity index (χ4v) is 5.21. The molecule has 1 aromatic heterocycles. The Bertz CT molecular complexity index is 979. The molecule has 2 atom stereocenters. The standard InChI is InChI=1S/C24H30N6O3/c31-21(16-33-24-25-9-3-10-26-24)29-11-7-18(8-12-29)22-20(14-27-28-22)23(32)30-13-6-17-4-1-2-5-19(17)15-30/h1-5,9-10,18,20,22,27-28H,6-8,11-16H2. The predicted octanol–water partition coefficient (Wildman–Crippen LogP) is 0.772. The quantitative estimate of drug-likeness (QED) is 0.694. The number of amides is 2. The van der Waals surface area contributed by atoms with E-state index in [9.17, 15) is 9.59 Å². The second-order valence-electron chi connectivity index (χ2n) is 8.97. The summed E-state index contributed by atoms with van der Waals surface area (Å²) in [7, 11) is 0. The topological polar surface area (TPSA) is 99.7 Å². The molecule has 4 heterocycles. The summed E-state index contributed by atoms with van der Waals surface area (Å²) >= 11 is 0. The third kappa shape index (κ3) is 4.84. The van der Waals surface area contributed by atoms with E-state index in [1.807, 2.05) is 15.9 Å². The van der Waals surface area contributed by atoms with Gasteiger partial charge in [0.15, 0.2) is 6.61 Å². The van der Waals surface area contributed by atoms with Crippen LogP contribution >= 0.6 is 0 Å². The van der Waals surface area contributed by atoms with Crippen molar-refractivity contribution in [3.8, 4) is 6.01 Å². The van der Waals surface area contributed by atoms with E-state index >= 15 is 0 Å². The first-order valence-corrected chi connectivity index (χ1v) is 11.7. The lowest BCUT2D eigenvalue weighted by atomic mass is 9.82. The third-order valence-corrected chi connectivity index (χ3v) is 7.05. The number of nitrogens with zero attached hydrogens (tertiary/aromatic N) is 4. The first-order valence-electron chi connectivity index (χ1n) is 11.7. The van der Waals surface area contributed by atoms with Crippen LogP contribution in [0.4, 0.5) is 0 Å². The number of carbonyl (C=O) groups excluding carboxylic acids is 2. The summed E-state index contributed by atoms with van der Waals surface area (Å²) in [4.78, 5) is 37.7. The van der Waals surface area contributed by atoms with Gasteiger partial charge in [0.25, 0.3) is 5.91 Å². The molecule has 0 saturated carbocycles. The zero-order chi connectivity index (χ0) is 22.6. The Hall–Kier alpha value is -3.04. The maximum atomic E-state index is 13.4. The Morgan fingerprint density at radius 2 is 1.76 bits per heavy atom. The summed E-state index contributed by atoms with van der Waals surface area (Å²) in [6.07, 6.45) is 5.80. The number of benzene rings is 1. The highest BCUT2D eigenvalue weighted by Gasteiger charge is 2.41. The van der Waals surface area contributed by atoms with Crippen molar-refractivity contribution in [2.45, 2.75) is 31.8 Å². The van der Waals surface area contributed by atoms with Crippen LogP contribution in [0.1, 0.15) is 24.0 Å². The van der Waals surface area contributed by atoms with Crippen LogP contribution in [0.3, 0.4) is 0 Å². The Morgan fingerprint density at radius 1 is 1.00 bits per heavy atom. The zero-order valence-electron chi connectivity index (χ0n) is 18.7. The number of carbonyl (C=O) groups is 2. The molecule has 0 bridgehead atoms. The van der Waals surface area contributed by atoms with Crippen LogP contribution in [0.2, 0.25) is 0 Å². The fourth-order valence-electron chi connectivity index (χ4n) is 5.21. The number of nitrogens with one attached hydrogen (secondary N) is 2. The van der Waals surface area contributed by atoms with Crippen molar-refractivity contribution in [2.24, 2.45) is 11.8 Å². The monoisotopic (exact) mass is 450 g/mol. The van der Waals surface area contributed by atoms with Gasteiger partial charge in [0, 0.05) is 51.2 Å². The number of hydrogen-bond donors (Lipinski definition) is 2. The van der Waals surface area contributed by atoms with Crippen LogP contribution in [-0.2, 0) is 22.6 Å². The summed E-state index contributed by atoms with van der Waals surface area (Å²) in [5.41, 5.74) is 9.18. The molecule has 9 heteroatoms. The lowest BCUT2D eigenvalue weighted by molar-refractivity contribution is -0.138. The molecule has 2 amide bonds. The number of hydrogen-bond acceptors (Lipinski definition) is 7. The summed E-state index contributed by atoms with van der Waals surface area (Å²) < 4.78 is 5.40. The van der Waals surface area contributed by atoms with E-state index < -0.39 is 0 Å². The lowest BCUT2D eigenvalue weighted by Crippen LogP contribution is -2.50. The van der Waals surface area contributed by atoms with Gasteiger partial charge in [0.2, 0.25) is 5.91 Å². The van der Waals surface area contributed by atoms with Crippen molar-refractivity contribution in [2.75, 3.05) is 32.8 Å². The van der Waals surface area contributed by atoms with Crippen molar-refractivity contribution in [1.29, 1.82) is 0 Å². The maximum absolute atomic E-state index is 13.4. The van der Waals surface area contributed by atoms with E-state index in [2.05, 4.69) is 39.0 Å². The highest BCUT2D eigenvalue weighted by atomic mass is 16.5. The summed E-state index contributed by atoms with van der Waals surface area (Å²) in [5.74, 6) is 0.425. The molecule has 2 N–H and O–H groups in total. The van der Waals surface area contributed by atoms with E-state index in [-0.39, 0.29) is 36.4 Å². The highest BCUT2D eigenvalue weighted by molar-refractivity contribution is 5.80. The molecule has 2 fully saturated rings. The molecule has 174 valence electrons. The minimum Gasteiger partial charge on any atom is -0.453 e. The molecule has 2 unspecified atom stereocenters. The fraction of sp³-hybridized carbons (Fsp3) is 0.500. The van der Waals surface area contributed by atoms with Gasteiger partial charge in [-0.05, 0) is 42.4 Å². The molecule has 2 saturated heterocycles.